The molecule has 0 aliphatic carbocycles. The average molecular weight is 348 g/mol. The van der Waals surface area contributed by atoms with Crippen LogP contribution in [-0.4, -0.2) is 8.42 Å². The Hall–Kier alpha value is -1.14. The van der Waals surface area contributed by atoms with Gasteiger partial charge in [-0.3, -0.25) is 0 Å². The number of benzene rings is 2. The summed E-state index contributed by atoms with van der Waals surface area (Å²) < 4.78 is 40.1. The zero-order valence-electron chi connectivity index (χ0n) is 11.0. The van der Waals surface area contributed by atoms with Gasteiger partial charge in [-0.15, -0.1) is 0 Å². The smallest absolute Gasteiger partial charge is 0.207 e. The standard InChI is InChI=1S/C14H12Cl2FNO2S/c1-9(10-3-2-4-11(15)7-10)18-21(19,20)12-5-6-14(17)13(16)8-12/h2-9,18H,1H3/t9-/m0/s1. The van der Waals surface area contributed by atoms with Crippen LogP contribution in [-0.2, 0) is 10.0 Å². The fourth-order valence-electron chi connectivity index (χ4n) is 1.79. The van der Waals surface area contributed by atoms with Crippen molar-refractivity contribution in [3.05, 3.63) is 63.9 Å². The van der Waals surface area contributed by atoms with Crippen molar-refractivity contribution < 1.29 is 12.8 Å². The molecular weight excluding hydrogens is 336 g/mol. The molecule has 0 aliphatic heterocycles. The van der Waals surface area contributed by atoms with Crippen LogP contribution in [0.5, 0.6) is 0 Å². The lowest BCUT2D eigenvalue weighted by Crippen LogP contribution is -2.26. The third-order valence-corrected chi connectivity index (χ3v) is 4.95. The number of halogens is 3. The van der Waals surface area contributed by atoms with Crippen LogP contribution in [0.3, 0.4) is 0 Å². The molecule has 2 aromatic carbocycles. The average Bonchev–Trinajstić information content (AvgIpc) is 2.41. The first-order chi connectivity index (χ1) is 9.79. The Morgan fingerprint density at radius 2 is 1.86 bits per heavy atom. The largest absolute Gasteiger partial charge is 0.241 e. The van der Waals surface area contributed by atoms with Crippen molar-refractivity contribution in [1.29, 1.82) is 0 Å². The molecule has 2 aromatic rings. The van der Waals surface area contributed by atoms with Crippen molar-refractivity contribution in [2.45, 2.75) is 17.9 Å². The van der Waals surface area contributed by atoms with Gasteiger partial charge in [0.2, 0.25) is 10.0 Å². The lowest BCUT2D eigenvalue weighted by atomic mass is 10.1. The molecule has 0 aromatic heterocycles. The third kappa shape index (κ3) is 3.95. The van der Waals surface area contributed by atoms with Gasteiger partial charge in [-0.1, -0.05) is 35.3 Å². The Labute approximate surface area is 132 Å². The zero-order chi connectivity index (χ0) is 15.6. The first-order valence-corrected chi connectivity index (χ1v) is 8.26. The minimum atomic E-state index is -3.80. The number of nitrogens with one attached hydrogen (secondary N) is 1. The maximum Gasteiger partial charge on any atom is 0.241 e. The van der Waals surface area contributed by atoms with Gasteiger partial charge in [0.15, 0.2) is 0 Å². The quantitative estimate of drug-likeness (QED) is 0.901. The van der Waals surface area contributed by atoms with Crippen molar-refractivity contribution in [2.75, 3.05) is 0 Å². The van der Waals surface area contributed by atoms with Crippen molar-refractivity contribution in [3.8, 4) is 0 Å². The number of hydrogen-bond donors (Lipinski definition) is 1. The molecule has 0 radical (unpaired) electrons. The second-order valence-electron chi connectivity index (χ2n) is 4.47. The van der Waals surface area contributed by atoms with Crippen LogP contribution in [0, 0.1) is 5.82 Å². The molecule has 7 heteroatoms. The highest BCUT2D eigenvalue weighted by molar-refractivity contribution is 7.89. The second kappa shape index (κ2) is 6.32. The van der Waals surface area contributed by atoms with Gasteiger partial charge in [0.05, 0.1) is 9.92 Å². The zero-order valence-corrected chi connectivity index (χ0v) is 13.3. The van der Waals surface area contributed by atoms with E-state index in [1.54, 1.807) is 31.2 Å². The molecule has 0 spiro atoms. The number of sulfonamides is 1. The lowest BCUT2D eigenvalue weighted by molar-refractivity contribution is 0.566. The highest BCUT2D eigenvalue weighted by atomic mass is 35.5. The fraction of sp³-hybridized carbons (Fsp3) is 0.143. The highest BCUT2D eigenvalue weighted by Crippen LogP contribution is 2.22. The Balaban J connectivity index is 2.26. The van der Waals surface area contributed by atoms with Crippen LogP contribution in [0.15, 0.2) is 47.4 Å². The summed E-state index contributed by atoms with van der Waals surface area (Å²) in [6.45, 7) is 1.69. The van der Waals surface area contributed by atoms with E-state index in [1.165, 1.54) is 0 Å². The first kappa shape index (κ1) is 16.2. The molecule has 0 saturated carbocycles. The summed E-state index contributed by atoms with van der Waals surface area (Å²) in [6.07, 6.45) is 0. The normalized spacial score (nSPS) is 13.1. The number of hydrogen-bond acceptors (Lipinski definition) is 2. The molecule has 1 N–H and O–H groups in total. The van der Waals surface area contributed by atoms with Crippen LogP contribution in [0.25, 0.3) is 0 Å². The molecule has 3 nitrogen and oxygen atoms in total. The van der Waals surface area contributed by atoms with E-state index in [4.69, 9.17) is 23.2 Å². The van der Waals surface area contributed by atoms with Crippen molar-refractivity contribution >= 4 is 33.2 Å². The predicted octanol–water partition coefficient (Wildman–Crippen LogP) is 4.17. The molecule has 0 amide bonds. The fourth-order valence-corrected chi connectivity index (χ4v) is 3.49. The van der Waals surface area contributed by atoms with Crippen LogP contribution in [0.4, 0.5) is 4.39 Å². The van der Waals surface area contributed by atoms with Crippen molar-refractivity contribution in [3.63, 3.8) is 0 Å². The van der Waals surface area contributed by atoms with Crippen molar-refractivity contribution in [2.24, 2.45) is 0 Å². The molecule has 0 saturated heterocycles. The third-order valence-electron chi connectivity index (χ3n) is 2.88. The molecule has 0 aliphatic rings. The van der Waals surface area contributed by atoms with Crippen molar-refractivity contribution in [1.82, 2.24) is 4.72 Å². The summed E-state index contributed by atoms with van der Waals surface area (Å²) in [4.78, 5) is -0.0946. The molecule has 0 heterocycles. The van der Waals surface area contributed by atoms with Gasteiger partial charge in [-0.2, -0.15) is 0 Å². The van der Waals surface area contributed by atoms with E-state index in [0.29, 0.717) is 5.02 Å². The van der Waals surface area contributed by atoms with Gasteiger partial charge >= 0.3 is 0 Å². The summed E-state index contributed by atoms with van der Waals surface area (Å²) >= 11 is 11.5. The molecule has 2 rings (SSSR count). The summed E-state index contributed by atoms with van der Waals surface area (Å²) in [5.74, 6) is -0.668. The summed E-state index contributed by atoms with van der Waals surface area (Å²) in [5.41, 5.74) is 0.722. The molecule has 1 atom stereocenters. The van der Waals surface area contributed by atoms with Gasteiger partial charge in [-0.25, -0.2) is 17.5 Å². The lowest BCUT2D eigenvalue weighted by Gasteiger charge is -2.15. The van der Waals surface area contributed by atoms with Crippen LogP contribution in [0.2, 0.25) is 10.0 Å². The number of rotatable bonds is 4. The second-order valence-corrected chi connectivity index (χ2v) is 7.03. The van der Waals surface area contributed by atoms with Gasteiger partial charge < -0.3 is 0 Å². The Morgan fingerprint density at radius 1 is 1.14 bits per heavy atom. The van der Waals surface area contributed by atoms with E-state index in [1.807, 2.05) is 0 Å². The monoisotopic (exact) mass is 347 g/mol. The van der Waals surface area contributed by atoms with Gasteiger partial charge in [0.1, 0.15) is 5.82 Å². The highest BCUT2D eigenvalue weighted by Gasteiger charge is 2.19. The van der Waals surface area contributed by atoms with Gasteiger partial charge in [0, 0.05) is 11.1 Å². The molecule has 21 heavy (non-hydrogen) atoms. The summed E-state index contributed by atoms with van der Waals surface area (Å²) in [6, 6.07) is 9.63. The van der Waals surface area contributed by atoms with Gasteiger partial charge in [-0.05, 0) is 42.8 Å². The molecule has 0 bridgehead atoms. The maximum atomic E-state index is 13.1. The predicted molar refractivity (Wildman–Crippen MR) is 81.6 cm³/mol. The Bertz CT molecular complexity index is 765. The van der Waals surface area contributed by atoms with Crippen LogP contribution >= 0.6 is 23.2 Å². The Morgan fingerprint density at radius 3 is 2.48 bits per heavy atom. The van der Waals surface area contributed by atoms with E-state index < -0.39 is 21.9 Å². The molecule has 112 valence electrons. The Kier molecular flexibility index (Phi) is 4.88. The summed E-state index contributed by atoms with van der Waals surface area (Å²) in [7, 11) is -3.80. The van der Waals surface area contributed by atoms with Gasteiger partial charge in [0.25, 0.3) is 0 Å². The van der Waals surface area contributed by atoms with Crippen LogP contribution < -0.4 is 4.72 Å². The summed E-state index contributed by atoms with van der Waals surface area (Å²) in [5, 5.41) is 0.275. The molecule has 0 unspecified atom stereocenters. The van der Waals surface area contributed by atoms with E-state index in [0.717, 1.165) is 23.8 Å². The van der Waals surface area contributed by atoms with E-state index in [9.17, 15) is 12.8 Å². The van der Waals surface area contributed by atoms with Crippen LogP contribution in [0.1, 0.15) is 18.5 Å². The topological polar surface area (TPSA) is 46.2 Å². The minimum Gasteiger partial charge on any atom is -0.207 e. The maximum absolute atomic E-state index is 13.1. The van der Waals surface area contributed by atoms with E-state index >= 15 is 0 Å². The molecule has 0 fully saturated rings. The van der Waals surface area contributed by atoms with E-state index in [2.05, 4.69) is 4.72 Å². The first-order valence-electron chi connectivity index (χ1n) is 6.02. The molecular formula is C14H12Cl2FNO2S. The van der Waals surface area contributed by atoms with E-state index in [-0.39, 0.29) is 9.92 Å². The SMILES string of the molecule is C[C@H](NS(=O)(=O)c1ccc(F)c(Cl)c1)c1cccc(Cl)c1. The minimum absolute atomic E-state index is 0.0946.